The van der Waals surface area contributed by atoms with Gasteiger partial charge in [0.05, 0.1) is 6.20 Å². The van der Waals surface area contributed by atoms with Crippen LogP contribution < -0.4 is 5.32 Å². The normalized spacial score (nSPS) is 29.1. The van der Waals surface area contributed by atoms with E-state index in [0.29, 0.717) is 17.7 Å². The highest BCUT2D eigenvalue weighted by Gasteiger charge is 2.35. The van der Waals surface area contributed by atoms with Gasteiger partial charge in [0.2, 0.25) is 5.76 Å². The third-order valence-corrected chi connectivity index (χ3v) is 3.52. The number of nitrogens with zero attached hydrogens (tertiary/aromatic N) is 2. The van der Waals surface area contributed by atoms with Crippen molar-refractivity contribution in [2.75, 3.05) is 19.6 Å². The summed E-state index contributed by atoms with van der Waals surface area (Å²) in [7, 11) is 0. The quantitative estimate of drug-likeness (QED) is 0.750. The molecule has 3 fully saturated rings. The standard InChI is InChI=1S/C11H15N3O2/c15-11(10-5-13-7-16-10)14-6-8-1-2-9(14)4-12-3-8/h5,7-9,12H,1-4,6H2. The van der Waals surface area contributed by atoms with Gasteiger partial charge < -0.3 is 14.6 Å². The molecule has 5 nitrogen and oxygen atoms in total. The van der Waals surface area contributed by atoms with E-state index in [9.17, 15) is 4.79 Å². The number of rotatable bonds is 1. The van der Waals surface area contributed by atoms with Crippen molar-refractivity contribution in [3.05, 3.63) is 18.4 Å². The van der Waals surface area contributed by atoms with Crippen LogP contribution in [-0.4, -0.2) is 41.5 Å². The van der Waals surface area contributed by atoms with Crippen molar-refractivity contribution in [2.24, 2.45) is 5.92 Å². The molecule has 4 rings (SSSR count). The molecule has 3 saturated heterocycles. The van der Waals surface area contributed by atoms with Crippen molar-refractivity contribution in [3.63, 3.8) is 0 Å². The van der Waals surface area contributed by atoms with E-state index < -0.39 is 0 Å². The van der Waals surface area contributed by atoms with Gasteiger partial charge in [0.1, 0.15) is 0 Å². The molecule has 5 heteroatoms. The van der Waals surface area contributed by atoms with Crippen LogP contribution in [0.3, 0.4) is 0 Å². The molecule has 2 atom stereocenters. The fourth-order valence-electron chi connectivity index (χ4n) is 2.65. The van der Waals surface area contributed by atoms with Crippen LogP contribution in [0.25, 0.3) is 0 Å². The average Bonchev–Trinajstić information content (AvgIpc) is 2.66. The second-order valence-electron chi connectivity index (χ2n) is 4.58. The summed E-state index contributed by atoms with van der Waals surface area (Å²) in [6.45, 7) is 2.77. The fourth-order valence-corrected chi connectivity index (χ4v) is 2.65. The molecule has 0 radical (unpaired) electrons. The number of amides is 1. The largest absolute Gasteiger partial charge is 0.438 e. The van der Waals surface area contributed by atoms with Gasteiger partial charge in [0.15, 0.2) is 6.39 Å². The summed E-state index contributed by atoms with van der Waals surface area (Å²) in [5.74, 6) is 0.925. The van der Waals surface area contributed by atoms with E-state index in [4.69, 9.17) is 4.42 Å². The van der Waals surface area contributed by atoms with Crippen molar-refractivity contribution >= 4 is 5.91 Å². The van der Waals surface area contributed by atoms with Crippen molar-refractivity contribution < 1.29 is 9.21 Å². The fraction of sp³-hybridized carbons (Fsp3) is 0.636. The lowest BCUT2D eigenvalue weighted by Gasteiger charge is -2.35. The van der Waals surface area contributed by atoms with E-state index in [2.05, 4.69) is 10.3 Å². The van der Waals surface area contributed by atoms with E-state index in [1.165, 1.54) is 19.0 Å². The Bertz CT molecular complexity index is 373. The third kappa shape index (κ3) is 1.61. The van der Waals surface area contributed by atoms with Crippen molar-refractivity contribution in [1.82, 2.24) is 15.2 Å². The van der Waals surface area contributed by atoms with Crippen molar-refractivity contribution in [3.8, 4) is 0 Å². The first kappa shape index (κ1) is 9.84. The summed E-state index contributed by atoms with van der Waals surface area (Å²) < 4.78 is 5.07. The Morgan fingerprint density at radius 1 is 1.50 bits per heavy atom. The SMILES string of the molecule is O=C(c1cnco1)N1CC2CCC1CNC2. The van der Waals surface area contributed by atoms with Crippen LogP contribution in [0, 0.1) is 5.92 Å². The number of nitrogens with one attached hydrogen (secondary N) is 1. The number of carbonyl (C=O) groups is 1. The van der Waals surface area contributed by atoms with Crippen molar-refractivity contribution in [2.45, 2.75) is 18.9 Å². The minimum absolute atomic E-state index is 0.0177. The Labute approximate surface area is 93.8 Å². The molecule has 3 aliphatic heterocycles. The van der Waals surface area contributed by atoms with Crippen LogP contribution in [0.1, 0.15) is 23.4 Å². The minimum atomic E-state index is -0.0177. The lowest BCUT2D eigenvalue weighted by Crippen LogP contribution is -2.47. The summed E-state index contributed by atoms with van der Waals surface area (Å²) in [6, 6.07) is 0.316. The molecule has 86 valence electrons. The van der Waals surface area contributed by atoms with Crippen molar-refractivity contribution in [1.29, 1.82) is 0 Å². The number of piperidine rings is 1. The zero-order chi connectivity index (χ0) is 11.0. The second kappa shape index (κ2) is 3.90. The summed E-state index contributed by atoms with van der Waals surface area (Å²) in [5, 5.41) is 3.40. The van der Waals surface area contributed by atoms with Gasteiger partial charge in [0, 0.05) is 19.1 Å². The van der Waals surface area contributed by atoms with Crippen LogP contribution in [0.15, 0.2) is 17.0 Å². The average molecular weight is 221 g/mol. The molecule has 3 aliphatic rings. The maximum Gasteiger partial charge on any atom is 0.291 e. The first-order valence-corrected chi connectivity index (χ1v) is 5.75. The minimum Gasteiger partial charge on any atom is -0.438 e. The topological polar surface area (TPSA) is 58.4 Å². The maximum absolute atomic E-state index is 12.2. The Morgan fingerprint density at radius 2 is 2.44 bits per heavy atom. The first-order chi connectivity index (χ1) is 7.84. The van der Waals surface area contributed by atoms with Gasteiger partial charge in [-0.05, 0) is 25.3 Å². The van der Waals surface area contributed by atoms with E-state index in [0.717, 1.165) is 26.1 Å². The lowest BCUT2D eigenvalue weighted by molar-refractivity contribution is 0.0559. The third-order valence-electron chi connectivity index (χ3n) is 3.52. The Hall–Kier alpha value is -1.36. The summed E-state index contributed by atoms with van der Waals surface area (Å²) in [4.78, 5) is 17.9. The molecule has 2 bridgehead atoms. The van der Waals surface area contributed by atoms with Gasteiger partial charge in [-0.3, -0.25) is 4.79 Å². The summed E-state index contributed by atoms with van der Waals surface area (Å²) in [6.07, 6.45) is 5.12. The molecule has 16 heavy (non-hydrogen) atoms. The highest BCUT2D eigenvalue weighted by Crippen LogP contribution is 2.25. The maximum atomic E-state index is 12.2. The molecular formula is C11H15N3O2. The number of aromatic nitrogens is 1. The molecule has 4 heterocycles. The van der Waals surface area contributed by atoms with E-state index in [1.54, 1.807) is 0 Å². The molecule has 1 aromatic heterocycles. The first-order valence-electron chi connectivity index (χ1n) is 5.75. The zero-order valence-electron chi connectivity index (χ0n) is 9.06. The molecule has 0 spiro atoms. The molecule has 1 amide bonds. The van der Waals surface area contributed by atoms with Gasteiger partial charge in [-0.2, -0.15) is 0 Å². The van der Waals surface area contributed by atoms with Gasteiger partial charge >= 0.3 is 0 Å². The predicted octanol–water partition coefficient (Wildman–Crippen LogP) is 0.499. The van der Waals surface area contributed by atoms with Crippen LogP contribution in [-0.2, 0) is 0 Å². The predicted molar refractivity (Wildman–Crippen MR) is 56.9 cm³/mol. The highest BCUT2D eigenvalue weighted by atomic mass is 16.3. The Morgan fingerprint density at radius 3 is 3.25 bits per heavy atom. The van der Waals surface area contributed by atoms with Crippen LogP contribution >= 0.6 is 0 Å². The number of fused-ring (bicyclic) bond motifs is 4. The van der Waals surface area contributed by atoms with Crippen LogP contribution in [0.5, 0.6) is 0 Å². The smallest absolute Gasteiger partial charge is 0.291 e. The van der Waals surface area contributed by atoms with E-state index in [1.807, 2.05) is 4.90 Å². The molecule has 1 N–H and O–H groups in total. The molecule has 0 aliphatic carbocycles. The van der Waals surface area contributed by atoms with Crippen LogP contribution in [0.4, 0.5) is 0 Å². The van der Waals surface area contributed by atoms with Crippen LogP contribution in [0.2, 0.25) is 0 Å². The van der Waals surface area contributed by atoms with E-state index in [-0.39, 0.29) is 5.91 Å². The van der Waals surface area contributed by atoms with Gasteiger partial charge in [-0.15, -0.1) is 0 Å². The molecule has 1 aromatic rings. The highest BCUT2D eigenvalue weighted by molar-refractivity contribution is 5.91. The number of carbonyl (C=O) groups excluding carboxylic acids is 1. The zero-order valence-corrected chi connectivity index (χ0v) is 9.06. The Kier molecular flexibility index (Phi) is 2.40. The molecule has 0 saturated carbocycles. The molecule has 0 aromatic carbocycles. The number of hydrogen-bond donors (Lipinski definition) is 1. The molecular weight excluding hydrogens is 206 g/mol. The van der Waals surface area contributed by atoms with Gasteiger partial charge in [-0.1, -0.05) is 0 Å². The number of hydrogen-bond acceptors (Lipinski definition) is 4. The lowest BCUT2D eigenvalue weighted by atomic mass is 9.95. The van der Waals surface area contributed by atoms with Gasteiger partial charge in [0.25, 0.3) is 5.91 Å². The summed E-state index contributed by atoms with van der Waals surface area (Å²) in [5.41, 5.74) is 0. The van der Waals surface area contributed by atoms with E-state index >= 15 is 0 Å². The molecule has 2 unspecified atom stereocenters. The monoisotopic (exact) mass is 221 g/mol. The summed E-state index contributed by atoms with van der Waals surface area (Å²) >= 11 is 0. The Balaban J connectivity index is 1.82. The number of oxazole rings is 1. The second-order valence-corrected chi connectivity index (χ2v) is 4.58. The van der Waals surface area contributed by atoms with Gasteiger partial charge in [-0.25, -0.2) is 4.98 Å².